The third-order valence-electron chi connectivity index (χ3n) is 4.87. The summed E-state index contributed by atoms with van der Waals surface area (Å²) < 4.78 is 2.05. The van der Waals surface area contributed by atoms with E-state index >= 15 is 0 Å². The quantitative estimate of drug-likeness (QED) is 0.906. The van der Waals surface area contributed by atoms with Crippen LogP contribution in [0.5, 0.6) is 0 Å². The maximum Gasteiger partial charge on any atom is 0.226 e. The number of benzene rings is 1. The molecule has 0 radical (unpaired) electrons. The first-order chi connectivity index (χ1) is 11.9. The number of nitrogens with zero attached hydrogens (tertiary/aromatic N) is 3. The molecule has 0 saturated carbocycles. The van der Waals surface area contributed by atoms with Crippen molar-refractivity contribution in [1.82, 2.24) is 19.8 Å². The van der Waals surface area contributed by atoms with E-state index in [2.05, 4.69) is 23.7 Å². The third-order valence-corrected chi connectivity index (χ3v) is 4.87. The average molecular weight is 342 g/mol. The number of aryl methyl sites for hydroxylation is 1. The van der Waals surface area contributed by atoms with Crippen LogP contribution in [-0.4, -0.2) is 39.9 Å². The molecule has 2 amide bonds. The molecule has 1 aliphatic rings. The molecule has 2 unspecified atom stereocenters. The van der Waals surface area contributed by atoms with Gasteiger partial charge >= 0.3 is 0 Å². The van der Waals surface area contributed by atoms with Crippen molar-refractivity contribution in [1.29, 1.82) is 0 Å². The SMILES string of the molecule is CC(C)CC(NC(=O)C1CC(=O)N(C)C1)c1nc2ccccc2n1C. The zero-order valence-corrected chi connectivity index (χ0v) is 15.3. The van der Waals surface area contributed by atoms with Crippen molar-refractivity contribution in [2.24, 2.45) is 18.9 Å². The highest BCUT2D eigenvalue weighted by Gasteiger charge is 2.34. The zero-order valence-electron chi connectivity index (χ0n) is 15.3. The Balaban J connectivity index is 1.85. The fourth-order valence-electron chi connectivity index (χ4n) is 3.50. The molecule has 1 aliphatic heterocycles. The summed E-state index contributed by atoms with van der Waals surface area (Å²) in [7, 11) is 3.73. The van der Waals surface area contributed by atoms with Gasteiger partial charge in [0.05, 0.1) is 23.0 Å². The number of rotatable bonds is 5. The van der Waals surface area contributed by atoms with Gasteiger partial charge in [-0.15, -0.1) is 0 Å². The van der Waals surface area contributed by atoms with E-state index in [1.54, 1.807) is 11.9 Å². The van der Waals surface area contributed by atoms with Gasteiger partial charge in [-0.05, 0) is 24.5 Å². The summed E-state index contributed by atoms with van der Waals surface area (Å²) in [5.41, 5.74) is 1.98. The summed E-state index contributed by atoms with van der Waals surface area (Å²) >= 11 is 0. The van der Waals surface area contributed by atoms with E-state index in [1.165, 1.54) is 0 Å². The van der Waals surface area contributed by atoms with Crippen LogP contribution in [0.3, 0.4) is 0 Å². The van der Waals surface area contributed by atoms with E-state index in [-0.39, 0.29) is 23.8 Å². The lowest BCUT2D eigenvalue weighted by Crippen LogP contribution is -2.36. The van der Waals surface area contributed by atoms with Crippen LogP contribution in [0.25, 0.3) is 11.0 Å². The summed E-state index contributed by atoms with van der Waals surface area (Å²) in [5.74, 6) is 0.972. The molecule has 25 heavy (non-hydrogen) atoms. The maximum atomic E-state index is 12.7. The van der Waals surface area contributed by atoms with Gasteiger partial charge in [-0.3, -0.25) is 9.59 Å². The first kappa shape index (κ1) is 17.5. The Kier molecular flexibility index (Phi) is 4.79. The van der Waals surface area contributed by atoms with Gasteiger partial charge in [-0.2, -0.15) is 0 Å². The molecule has 6 nitrogen and oxygen atoms in total. The Morgan fingerprint density at radius 3 is 2.64 bits per heavy atom. The number of carbonyl (C=O) groups excluding carboxylic acids is 2. The highest BCUT2D eigenvalue weighted by atomic mass is 16.2. The molecular weight excluding hydrogens is 316 g/mol. The molecule has 6 heteroatoms. The fourth-order valence-corrected chi connectivity index (χ4v) is 3.50. The first-order valence-corrected chi connectivity index (χ1v) is 8.82. The number of carbonyl (C=O) groups is 2. The topological polar surface area (TPSA) is 67.2 Å². The highest BCUT2D eigenvalue weighted by molar-refractivity contribution is 5.89. The second-order valence-corrected chi connectivity index (χ2v) is 7.38. The molecule has 2 heterocycles. The van der Waals surface area contributed by atoms with E-state index in [0.29, 0.717) is 18.9 Å². The monoisotopic (exact) mass is 342 g/mol. The molecule has 1 aromatic heterocycles. The van der Waals surface area contributed by atoms with Gasteiger partial charge in [-0.25, -0.2) is 4.98 Å². The molecule has 2 atom stereocenters. The van der Waals surface area contributed by atoms with Crippen molar-refractivity contribution in [3.05, 3.63) is 30.1 Å². The molecular formula is C19H26N4O2. The van der Waals surface area contributed by atoms with Gasteiger partial charge in [0.25, 0.3) is 0 Å². The Bertz CT molecular complexity index is 796. The molecule has 134 valence electrons. The molecule has 1 N–H and O–H groups in total. The average Bonchev–Trinajstić information content (AvgIpc) is 3.07. The van der Waals surface area contributed by atoms with Gasteiger partial charge < -0.3 is 14.8 Å². The van der Waals surface area contributed by atoms with Gasteiger partial charge in [0.2, 0.25) is 11.8 Å². The van der Waals surface area contributed by atoms with E-state index in [4.69, 9.17) is 4.98 Å². The van der Waals surface area contributed by atoms with Crippen LogP contribution in [0.2, 0.25) is 0 Å². The summed E-state index contributed by atoms with van der Waals surface area (Å²) in [6, 6.07) is 7.81. The third kappa shape index (κ3) is 3.52. The van der Waals surface area contributed by atoms with Crippen molar-refractivity contribution in [3.63, 3.8) is 0 Å². The van der Waals surface area contributed by atoms with Gasteiger partial charge in [0, 0.05) is 27.1 Å². The second kappa shape index (κ2) is 6.86. The number of amides is 2. The molecule has 2 aromatic rings. The minimum absolute atomic E-state index is 0.0308. The van der Waals surface area contributed by atoms with Gasteiger partial charge in [0.15, 0.2) is 0 Å². The number of hydrogen-bond acceptors (Lipinski definition) is 3. The number of imidazole rings is 1. The maximum absolute atomic E-state index is 12.7. The van der Waals surface area contributed by atoms with Gasteiger partial charge in [0.1, 0.15) is 5.82 Å². The number of likely N-dealkylation sites (tertiary alicyclic amines) is 1. The number of nitrogens with one attached hydrogen (secondary N) is 1. The lowest BCUT2D eigenvalue weighted by Gasteiger charge is -2.22. The molecule has 1 aromatic carbocycles. The van der Waals surface area contributed by atoms with Crippen molar-refractivity contribution >= 4 is 22.8 Å². The van der Waals surface area contributed by atoms with E-state index < -0.39 is 0 Å². The zero-order chi connectivity index (χ0) is 18.1. The lowest BCUT2D eigenvalue weighted by atomic mass is 10.0. The number of hydrogen-bond donors (Lipinski definition) is 1. The highest BCUT2D eigenvalue weighted by Crippen LogP contribution is 2.26. The van der Waals surface area contributed by atoms with Crippen LogP contribution >= 0.6 is 0 Å². The van der Waals surface area contributed by atoms with Crippen molar-refractivity contribution in [2.75, 3.05) is 13.6 Å². The van der Waals surface area contributed by atoms with Crippen LogP contribution in [0, 0.1) is 11.8 Å². The van der Waals surface area contributed by atoms with Crippen molar-refractivity contribution < 1.29 is 9.59 Å². The van der Waals surface area contributed by atoms with Crippen LogP contribution in [0.4, 0.5) is 0 Å². The molecule has 0 spiro atoms. The van der Waals surface area contributed by atoms with Crippen LogP contribution in [0.15, 0.2) is 24.3 Å². The van der Waals surface area contributed by atoms with Crippen LogP contribution in [0.1, 0.15) is 38.6 Å². The summed E-state index contributed by atoms with van der Waals surface area (Å²) in [4.78, 5) is 30.8. The number of aromatic nitrogens is 2. The summed E-state index contributed by atoms with van der Waals surface area (Å²) in [6.07, 6.45) is 1.10. The fraction of sp³-hybridized carbons (Fsp3) is 0.526. The normalized spacial score (nSPS) is 19.0. The predicted octanol–water partition coefficient (Wildman–Crippen LogP) is 2.25. The number of fused-ring (bicyclic) bond motifs is 1. The summed E-state index contributed by atoms with van der Waals surface area (Å²) in [6.45, 7) is 4.75. The Morgan fingerprint density at radius 1 is 1.32 bits per heavy atom. The lowest BCUT2D eigenvalue weighted by molar-refractivity contribution is -0.128. The van der Waals surface area contributed by atoms with Gasteiger partial charge in [-0.1, -0.05) is 26.0 Å². The second-order valence-electron chi connectivity index (χ2n) is 7.38. The Labute approximate surface area is 148 Å². The minimum Gasteiger partial charge on any atom is -0.346 e. The Morgan fingerprint density at radius 2 is 2.04 bits per heavy atom. The minimum atomic E-state index is -0.276. The van der Waals surface area contributed by atoms with Crippen LogP contribution in [-0.2, 0) is 16.6 Å². The number of para-hydroxylation sites is 2. The standard InChI is InChI=1S/C19H26N4O2/c1-12(2)9-15(21-19(25)13-10-17(24)22(3)11-13)18-20-14-7-5-6-8-16(14)23(18)4/h5-8,12-13,15H,9-11H2,1-4H3,(H,21,25). The van der Waals surface area contributed by atoms with E-state index in [0.717, 1.165) is 23.3 Å². The Hall–Kier alpha value is -2.37. The van der Waals surface area contributed by atoms with Crippen molar-refractivity contribution in [2.45, 2.75) is 32.7 Å². The largest absolute Gasteiger partial charge is 0.346 e. The first-order valence-electron chi connectivity index (χ1n) is 8.82. The van der Waals surface area contributed by atoms with E-state index in [9.17, 15) is 9.59 Å². The molecule has 0 aliphatic carbocycles. The molecule has 1 fully saturated rings. The molecule has 0 bridgehead atoms. The van der Waals surface area contributed by atoms with E-state index in [1.807, 2.05) is 31.3 Å². The smallest absolute Gasteiger partial charge is 0.226 e. The molecule has 1 saturated heterocycles. The van der Waals surface area contributed by atoms with Crippen LogP contribution < -0.4 is 5.32 Å². The predicted molar refractivity (Wildman–Crippen MR) is 96.8 cm³/mol. The summed E-state index contributed by atoms with van der Waals surface area (Å²) in [5, 5.41) is 3.15. The molecule has 3 rings (SSSR count). The van der Waals surface area contributed by atoms with Crippen molar-refractivity contribution in [3.8, 4) is 0 Å².